The quantitative estimate of drug-likeness (QED) is 0.589. The van der Waals surface area contributed by atoms with Crippen molar-refractivity contribution >= 4 is 45.7 Å². The molecule has 24 heavy (non-hydrogen) atoms. The zero-order valence-corrected chi connectivity index (χ0v) is 15.4. The van der Waals surface area contributed by atoms with Crippen LogP contribution in [0.1, 0.15) is 20.8 Å². The standard InChI is InChI=1S/C15H20N4O3S2/c1-5-7-9-19-12(22)15(3,4)24-14(19)17-16-13-18(8-6-2)10(20)11(21)23-13/h5-7,11,21H,2,8-9H2,1,3-4H3. The van der Waals surface area contributed by atoms with Gasteiger partial charge in [0.25, 0.3) is 5.91 Å². The zero-order valence-electron chi connectivity index (χ0n) is 13.8. The molecule has 0 radical (unpaired) electrons. The van der Waals surface area contributed by atoms with E-state index in [4.69, 9.17) is 0 Å². The number of aliphatic hydroxyl groups excluding tert-OH is 1. The molecule has 0 saturated carbocycles. The Morgan fingerprint density at radius 2 is 1.92 bits per heavy atom. The Morgan fingerprint density at radius 3 is 2.54 bits per heavy atom. The van der Waals surface area contributed by atoms with Gasteiger partial charge < -0.3 is 5.11 Å². The summed E-state index contributed by atoms with van der Waals surface area (Å²) in [5, 5.41) is 18.7. The summed E-state index contributed by atoms with van der Waals surface area (Å²) in [4.78, 5) is 27.2. The first-order valence-electron chi connectivity index (χ1n) is 7.36. The first-order valence-corrected chi connectivity index (χ1v) is 9.06. The summed E-state index contributed by atoms with van der Waals surface area (Å²) in [5.41, 5.74) is -1.18. The number of hydrogen-bond acceptors (Lipinski definition) is 7. The average molecular weight is 368 g/mol. The van der Waals surface area contributed by atoms with Crippen LogP contribution in [0.2, 0.25) is 0 Å². The van der Waals surface area contributed by atoms with Gasteiger partial charge in [-0.15, -0.1) is 16.8 Å². The lowest BCUT2D eigenvalue weighted by Gasteiger charge is -2.15. The van der Waals surface area contributed by atoms with Crippen molar-refractivity contribution in [1.29, 1.82) is 0 Å². The average Bonchev–Trinajstić information content (AvgIpc) is 2.92. The summed E-state index contributed by atoms with van der Waals surface area (Å²) < 4.78 is -0.612. The van der Waals surface area contributed by atoms with Crippen molar-refractivity contribution in [3.63, 3.8) is 0 Å². The monoisotopic (exact) mass is 368 g/mol. The lowest BCUT2D eigenvalue weighted by atomic mass is 10.2. The van der Waals surface area contributed by atoms with Crippen molar-refractivity contribution in [2.75, 3.05) is 13.1 Å². The minimum absolute atomic E-state index is 0.0392. The second kappa shape index (κ2) is 7.54. The number of amidine groups is 2. The van der Waals surface area contributed by atoms with Crippen molar-refractivity contribution in [1.82, 2.24) is 9.80 Å². The van der Waals surface area contributed by atoms with Crippen LogP contribution in [-0.2, 0) is 9.59 Å². The molecule has 2 aliphatic heterocycles. The highest BCUT2D eigenvalue weighted by molar-refractivity contribution is 8.16. The van der Waals surface area contributed by atoms with E-state index in [-0.39, 0.29) is 12.5 Å². The summed E-state index contributed by atoms with van der Waals surface area (Å²) in [6, 6.07) is 0. The molecule has 2 aliphatic rings. The number of amides is 2. The first kappa shape index (κ1) is 18.8. The Hall–Kier alpha value is -1.58. The van der Waals surface area contributed by atoms with Crippen LogP contribution in [0.4, 0.5) is 0 Å². The van der Waals surface area contributed by atoms with Crippen molar-refractivity contribution in [3.8, 4) is 0 Å². The molecule has 2 amide bonds. The molecule has 0 aromatic carbocycles. The summed E-state index contributed by atoms with van der Waals surface area (Å²) in [7, 11) is 0. The predicted octanol–water partition coefficient (Wildman–Crippen LogP) is 1.62. The van der Waals surface area contributed by atoms with Crippen LogP contribution in [0.25, 0.3) is 0 Å². The molecule has 9 heteroatoms. The van der Waals surface area contributed by atoms with Crippen LogP contribution < -0.4 is 0 Å². The fourth-order valence-corrected chi connectivity index (χ4v) is 3.90. The number of hydrogen-bond donors (Lipinski definition) is 1. The Bertz CT molecular complexity index is 643. The van der Waals surface area contributed by atoms with E-state index in [1.54, 1.807) is 11.0 Å². The fraction of sp³-hybridized carbons (Fsp3) is 0.467. The number of nitrogens with zero attached hydrogens (tertiary/aromatic N) is 4. The topological polar surface area (TPSA) is 85.6 Å². The van der Waals surface area contributed by atoms with E-state index in [0.717, 1.165) is 11.8 Å². The molecule has 0 bridgehead atoms. The maximum absolute atomic E-state index is 12.4. The normalized spacial score (nSPS) is 27.2. The van der Waals surface area contributed by atoms with Crippen LogP contribution in [0.3, 0.4) is 0 Å². The van der Waals surface area contributed by atoms with Gasteiger partial charge in [-0.25, -0.2) is 0 Å². The Balaban J connectivity index is 2.29. The maximum Gasteiger partial charge on any atom is 0.268 e. The van der Waals surface area contributed by atoms with E-state index < -0.39 is 16.1 Å². The molecule has 0 aromatic rings. The van der Waals surface area contributed by atoms with E-state index in [1.807, 2.05) is 32.9 Å². The van der Waals surface area contributed by atoms with Gasteiger partial charge in [-0.2, -0.15) is 0 Å². The molecule has 2 saturated heterocycles. The summed E-state index contributed by atoms with van der Waals surface area (Å²) in [5.74, 6) is -0.484. The van der Waals surface area contributed by atoms with Crippen LogP contribution in [0.5, 0.6) is 0 Å². The molecule has 7 nitrogen and oxygen atoms in total. The van der Waals surface area contributed by atoms with Gasteiger partial charge in [-0.05, 0) is 32.5 Å². The molecule has 2 heterocycles. The number of aliphatic hydroxyl groups is 1. The van der Waals surface area contributed by atoms with Gasteiger partial charge in [0, 0.05) is 13.1 Å². The van der Waals surface area contributed by atoms with Crippen molar-refractivity contribution in [2.24, 2.45) is 10.2 Å². The Labute approximate surface area is 149 Å². The van der Waals surface area contributed by atoms with Gasteiger partial charge in [-0.1, -0.05) is 30.0 Å². The summed E-state index contributed by atoms with van der Waals surface area (Å²) >= 11 is 2.25. The predicted molar refractivity (Wildman–Crippen MR) is 98.6 cm³/mol. The van der Waals surface area contributed by atoms with E-state index in [0.29, 0.717) is 16.9 Å². The molecular weight excluding hydrogens is 348 g/mol. The summed E-state index contributed by atoms with van der Waals surface area (Å²) in [6.07, 6.45) is 5.28. The first-order chi connectivity index (χ1) is 11.3. The van der Waals surface area contributed by atoms with Gasteiger partial charge in [0.05, 0.1) is 4.75 Å². The van der Waals surface area contributed by atoms with Crippen LogP contribution >= 0.6 is 23.5 Å². The summed E-state index contributed by atoms with van der Waals surface area (Å²) in [6.45, 7) is 9.80. The SMILES string of the molecule is C=CCN1C(=O)C(O)SC1=NN=C1SC(C)(C)C(=O)N1CC=CC. The second-order valence-electron chi connectivity index (χ2n) is 5.57. The fourth-order valence-electron chi connectivity index (χ4n) is 2.09. The zero-order chi connectivity index (χ0) is 17.9. The Kier molecular flexibility index (Phi) is 5.89. The molecular formula is C15H20N4O3S2. The minimum atomic E-state index is -1.18. The molecule has 0 aliphatic carbocycles. The lowest BCUT2D eigenvalue weighted by molar-refractivity contribution is -0.130. The van der Waals surface area contributed by atoms with Gasteiger partial charge >= 0.3 is 0 Å². The number of carbonyl (C=O) groups excluding carboxylic acids is 2. The van der Waals surface area contributed by atoms with E-state index in [2.05, 4.69) is 16.8 Å². The molecule has 130 valence electrons. The number of carbonyl (C=O) groups is 2. The van der Waals surface area contributed by atoms with Crippen molar-refractivity contribution in [3.05, 3.63) is 24.8 Å². The van der Waals surface area contributed by atoms with Crippen LogP contribution in [0, 0.1) is 0 Å². The highest BCUT2D eigenvalue weighted by atomic mass is 32.2. The molecule has 1 N–H and O–H groups in total. The van der Waals surface area contributed by atoms with Crippen molar-refractivity contribution in [2.45, 2.75) is 31.0 Å². The lowest BCUT2D eigenvalue weighted by Crippen LogP contribution is -2.36. The molecule has 1 atom stereocenters. The molecule has 2 fully saturated rings. The molecule has 1 unspecified atom stereocenters. The Morgan fingerprint density at radius 1 is 1.25 bits per heavy atom. The van der Waals surface area contributed by atoms with Gasteiger partial charge in [0.2, 0.25) is 5.91 Å². The largest absolute Gasteiger partial charge is 0.373 e. The van der Waals surface area contributed by atoms with Gasteiger partial charge in [0.1, 0.15) is 0 Å². The third kappa shape index (κ3) is 3.73. The highest BCUT2D eigenvalue weighted by Gasteiger charge is 2.44. The van der Waals surface area contributed by atoms with Gasteiger partial charge in [-0.3, -0.25) is 19.4 Å². The molecule has 0 aromatic heterocycles. The number of thioether (sulfide) groups is 2. The second-order valence-corrected chi connectivity index (χ2v) is 8.21. The number of allylic oxidation sites excluding steroid dienone is 1. The molecule has 0 spiro atoms. The number of rotatable bonds is 5. The third-order valence-electron chi connectivity index (χ3n) is 3.32. The highest BCUT2D eigenvalue weighted by Crippen LogP contribution is 2.37. The minimum Gasteiger partial charge on any atom is -0.373 e. The smallest absolute Gasteiger partial charge is 0.268 e. The van der Waals surface area contributed by atoms with E-state index >= 15 is 0 Å². The van der Waals surface area contributed by atoms with E-state index in [1.165, 1.54) is 16.7 Å². The maximum atomic E-state index is 12.4. The van der Waals surface area contributed by atoms with Crippen LogP contribution in [0.15, 0.2) is 35.0 Å². The van der Waals surface area contributed by atoms with E-state index in [9.17, 15) is 14.7 Å². The van der Waals surface area contributed by atoms with Gasteiger partial charge in [0.15, 0.2) is 15.8 Å². The third-order valence-corrected chi connectivity index (χ3v) is 5.43. The molecule has 2 rings (SSSR count). The van der Waals surface area contributed by atoms with Crippen LogP contribution in [-0.4, -0.2) is 60.3 Å². The van der Waals surface area contributed by atoms with Crippen molar-refractivity contribution < 1.29 is 14.7 Å².